The van der Waals surface area contributed by atoms with Crippen LogP contribution in [0.1, 0.15) is 86.5 Å². The van der Waals surface area contributed by atoms with Gasteiger partial charge in [-0.1, -0.05) is 96.8 Å². The number of likely N-dealkylation sites (N-methyl/N-ethyl adjacent to an activating group) is 1. The zero-order valence-corrected chi connectivity index (χ0v) is 20.6. The first-order valence-electron chi connectivity index (χ1n) is 12.1. The molecule has 2 aliphatic rings. The van der Waals surface area contributed by atoms with E-state index >= 15 is 0 Å². The quantitative estimate of drug-likeness (QED) is 0.385. The van der Waals surface area contributed by atoms with Crippen LogP contribution >= 0.6 is 0 Å². The van der Waals surface area contributed by atoms with Crippen molar-refractivity contribution in [2.24, 2.45) is 5.92 Å². The van der Waals surface area contributed by atoms with Gasteiger partial charge in [-0.2, -0.15) is 0 Å². The van der Waals surface area contributed by atoms with E-state index in [1.165, 1.54) is 62.8 Å². The Labute approximate surface area is 183 Å². The molecule has 0 aromatic carbocycles. The molecule has 2 heteroatoms. The van der Waals surface area contributed by atoms with Crippen LogP contribution in [-0.2, 0) is 0 Å². The third-order valence-electron chi connectivity index (χ3n) is 6.04. The monoisotopic (exact) mass is 402 g/mol. The number of hydrogen-bond acceptors (Lipinski definition) is 2. The third-order valence-corrected chi connectivity index (χ3v) is 6.04. The summed E-state index contributed by atoms with van der Waals surface area (Å²) in [4.78, 5) is 4.95. The maximum Gasteiger partial charge on any atom is 0.0425 e. The molecular weight excluding hydrogens is 352 g/mol. The average Bonchev–Trinajstić information content (AvgIpc) is 3.21. The molecule has 1 unspecified atom stereocenters. The predicted octanol–water partition coefficient (Wildman–Crippen LogP) is 7.61. The largest absolute Gasteiger partial charge is 0.371 e. The molecule has 1 aliphatic carbocycles. The highest BCUT2D eigenvalue weighted by atomic mass is 15.3. The lowest BCUT2D eigenvalue weighted by Crippen LogP contribution is -2.36. The molecule has 1 saturated carbocycles. The Kier molecular flexibility index (Phi) is 16.8. The highest BCUT2D eigenvalue weighted by Crippen LogP contribution is 2.25. The maximum absolute atomic E-state index is 4.09. The molecule has 2 rings (SSSR count). The number of rotatable bonds is 8. The molecule has 168 valence electrons. The minimum absolute atomic E-state index is 0.629. The Hall–Kier alpha value is -1.28. The van der Waals surface area contributed by atoms with Crippen LogP contribution in [0.15, 0.2) is 48.7 Å². The topological polar surface area (TPSA) is 6.48 Å². The molecule has 0 bridgehead atoms. The van der Waals surface area contributed by atoms with Crippen molar-refractivity contribution in [3.05, 3.63) is 48.7 Å². The van der Waals surface area contributed by atoms with Gasteiger partial charge < -0.3 is 4.90 Å². The van der Waals surface area contributed by atoms with Gasteiger partial charge >= 0.3 is 0 Å². The molecule has 29 heavy (non-hydrogen) atoms. The SMILES string of the molecule is C=C/C=C\C(=C/C)CN1CCC(N(CC)C(=C)C)C1.CC.CCC1CCCCC1. The van der Waals surface area contributed by atoms with Crippen molar-refractivity contribution in [1.29, 1.82) is 0 Å². The molecule has 0 N–H and O–H groups in total. The van der Waals surface area contributed by atoms with E-state index in [0.717, 1.165) is 25.6 Å². The van der Waals surface area contributed by atoms with Gasteiger partial charge in [-0.25, -0.2) is 0 Å². The zero-order chi connectivity index (χ0) is 22.1. The Balaban J connectivity index is 0.000000649. The molecule has 2 fully saturated rings. The van der Waals surface area contributed by atoms with E-state index in [1.807, 2.05) is 26.0 Å². The highest BCUT2D eigenvalue weighted by molar-refractivity contribution is 5.22. The Morgan fingerprint density at radius 2 is 1.76 bits per heavy atom. The number of hydrogen-bond donors (Lipinski definition) is 0. The van der Waals surface area contributed by atoms with E-state index in [1.54, 1.807) is 0 Å². The van der Waals surface area contributed by atoms with E-state index in [4.69, 9.17) is 0 Å². The van der Waals surface area contributed by atoms with Crippen LogP contribution in [0.3, 0.4) is 0 Å². The van der Waals surface area contributed by atoms with Gasteiger partial charge in [0, 0.05) is 37.9 Å². The van der Waals surface area contributed by atoms with Gasteiger partial charge in [-0.3, -0.25) is 4.90 Å². The summed E-state index contributed by atoms with van der Waals surface area (Å²) in [7, 11) is 0. The van der Waals surface area contributed by atoms with E-state index in [-0.39, 0.29) is 0 Å². The van der Waals surface area contributed by atoms with Crippen molar-refractivity contribution in [2.45, 2.75) is 92.5 Å². The van der Waals surface area contributed by atoms with Crippen LogP contribution in [0, 0.1) is 5.92 Å². The van der Waals surface area contributed by atoms with Crippen LogP contribution in [0.25, 0.3) is 0 Å². The van der Waals surface area contributed by atoms with E-state index in [2.05, 4.69) is 62.8 Å². The summed E-state index contributed by atoms with van der Waals surface area (Å²) in [6.45, 7) is 24.9. The molecule has 0 radical (unpaired) electrons. The summed E-state index contributed by atoms with van der Waals surface area (Å²) < 4.78 is 0. The second-order valence-electron chi connectivity index (χ2n) is 8.07. The number of nitrogens with zero attached hydrogens (tertiary/aromatic N) is 2. The second kappa shape index (κ2) is 17.6. The van der Waals surface area contributed by atoms with Crippen LogP contribution in [0.4, 0.5) is 0 Å². The van der Waals surface area contributed by atoms with Crippen LogP contribution in [0.5, 0.6) is 0 Å². The lowest BCUT2D eigenvalue weighted by atomic mass is 9.88. The molecular formula is C27H50N2. The van der Waals surface area contributed by atoms with Crippen molar-refractivity contribution < 1.29 is 0 Å². The molecule has 1 saturated heterocycles. The van der Waals surface area contributed by atoms with Gasteiger partial charge in [0.15, 0.2) is 0 Å². The molecule has 2 nitrogen and oxygen atoms in total. The number of allylic oxidation sites excluding steroid dienone is 4. The normalized spacial score (nSPS) is 20.5. The van der Waals surface area contributed by atoms with Crippen molar-refractivity contribution >= 4 is 0 Å². The second-order valence-corrected chi connectivity index (χ2v) is 8.07. The van der Waals surface area contributed by atoms with Gasteiger partial charge in [0.2, 0.25) is 0 Å². The van der Waals surface area contributed by atoms with E-state index in [0.29, 0.717) is 6.04 Å². The summed E-state index contributed by atoms with van der Waals surface area (Å²) in [6.07, 6.45) is 18.3. The first-order valence-corrected chi connectivity index (χ1v) is 12.1. The van der Waals surface area contributed by atoms with E-state index in [9.17, 15) is 0 Å². The minimum atomic E-state index is 0.629. The fourth-order valence-electron chi connectivity index (χ4n) is 4.34. The van der Waals surface area contributed by atoms with Gasteiger partial charge in [-0.15, -0.1) is 0 Å². The summed E-state index contributed by atoms with van der Waals surface area (Å²) in [5.74, 6) is 1.09. The van der Waals surface area contributed by atoms with Gasteiger partial charge in [-0.05, 0) is 38.7 Å². The number of likely N-dealkylation sites (tertiary alicyclic amines) is 1. The highest BCUT2D eigenvalue weighted by Gasteiger charge is 2.26. The maximum atomic E-state index is 4.09. The smallest absolute Gasteiger partial charge is 0.0425 e. The summed E-state index contributed by atoms with van der Waals surface area (Å²) >= 11 is 0. The average molecular weight is 403 g/mol. The van der Waals surface area contributed by atoms with Crippen molar-refractivity contribution in [3.63, 3.8) is 0 Å². The van der Waals surface area contributed by atoms with E-state index < -0.39 is 0 Å². The van der Waals surface area contributed by atoms with Crippen LogP contribution in [0.2, 0.25) is 0 Å². The predicted molar refractivity (Wildman–Crippen MR) is 133 cm³/mol. The molecule has 0 aromatic rings. The van der Waals surface area contributed by atoms with Crippen molar-refractivity contribution in [1.82, 2.24) is 9.80 Å². The third kappa shape index (κ3) is 11.5. The molecule has 0 aromatic heterocycles. The Morgan fingerprint density at radius 1 is 1.10 bits per heavy atom. The van der Waals surface area contributed by atoms with Gasteiger partial charge in [0.05, 0.1) is 0 Å². The van der Waals surface area contributed by atoms with Crippen molar-refractivity contribution in [2.75, 3.05) is 26.2 Å². The van der Waals surface area contributed by atoms with Gasteiger partial charge in [0.25, 0.3) is 0 Å². The van der Waals surface area contributed by atoms with Crippen LogP contribution in [-0.4, -0.2) is 42.0 Å². The molecule has 1 heterocycles. The summed E-state index contributed by atoms with van der Waals surface area (Å²) in [6, 6.07) is 0.629. The Morgan fingerprint density at radius 3 is 2.21 bits per heavy atom. The van der Waals surface area contributed by atoms with Gasteiger partial charge in [0.1, 0.15) is 0 Å². The lowest BCUT2D eigenvalue weighted by molar-refractivity contribution is 0.256. The fraction of sp³-hybridized carbons (Fsp3) is 0.704. The molecule has 1 aliphatic heterocycles. The zero-order valence-electron chi connectivity index (χ0n) is 20.6. The first-order chi connectivity index (χ1) is 14.0. The molecule has 1 atom stereocenters. The summed E-state index contributed by atoms with van der Waals surface area (Å²) in [5.41, 5.74) is 2.55. The lowest BCUT2D eigenvalue weighted by Gasteiger charge is -2.30. The van der Waals surface area contributed by atoms with Crippen LogP contribution < -0.4 is 0 Å². The minimum Gasteiger partial charge on any atom is -0.371 e. The van der Waals surface area contributed by atoms with Crippen molar-refractivity contribution in [3.8, 4) is 0 Å². The standard InChI is InChI=1S/C17H28N2.C8H16.C2H6/c1-6-9-10-16(7-2)13-18-12-11-17(14-18)19(8-3)15(4)5;1-2-8-6-4-3-5-7-8;1-2/h6-7,9-10,17H,1,4,8,11-14H2,2-3,5H3;8H,2-7H2,1H3;1-2H3/b10-9-,16-7+;;. The fourth-order valence-corrected chi connectivity index (χ4v) is 4.34. The molecule has 0 amide bonds. The first kappa shape index (κ1) is 27.7. The summed E-state index contributed by atoms with van der Waals surface area (Å²) in [5, 5.41) is 0. The molecule has 0 spiro atoms. The Bertz CT molecular complexity index is 483.